The van der Waals surface area contributed by atoms with Crippen LogP contribution in [0.15, 0.2) is 0 Å². The van der Waals surface area contributed by atoms with Gasteiger partial charge in [-0.1, -0.05) is 6.92 Å². The van der Waals surface area contributed by atoms with Crippen LogP contribution in [0.4, 0.5) is 0 Å². The first-order chi connectivity index (χ1) is 6.97. The summed E-state index contributed by atoms with van der Waals surface area (Å²) in [4.78, 5) is 11.9. The second-order valence-electron chi connectivity index (χ2n) is 4.52. The number of aliphatic hydroxyl groups excluding tert-OH is 1. The number of aliphatic hydroxyl groups is 1. The van der Waals surface area contributed by atoms with E-state index in [0.29, 0.717) is 0 Å². The lowest BCUT2D eigenvalue weighted by molar-refractivity contribution is -0.128. The maximum absolute atomic E-state index is 11.9. The molecule has 0 saturated carbocycles. The van der Waals surface area contributed by atoms with Crippen LogP contribution in [0.2, 0.25) is 0 Å². The summed E-state index contributed by atoms with van der Waals surface area (Å²) >= 11 is 0. The SMILES string of the molecule is CC1OC(C)C(C(=O)N[C@H](C)CO)C1C. The molecule has 2 N–H and O–H groups in total. The zero-order valence-corrected chi connectivity index (χ0v) is 9.86. The molecular formula is C11H21NO3. The maximum Gasteiger partial charge on any atom is 0.226 e. The number of rotatable bonds is 3. The van der Waals surface area contributed by atoms with Gasteiger partial charge in [-0.05, 0) is 26.7 Å². The molecule has 1 fully saturated rings. The smallest absolute Gasteiger partial charge is 0.226 e. The van der Waals surface area contributed by atoms with Crippen molar-refractivity contribution in [2.24, 2.45) is 11.8 Å². The molecule has 0 spiro atoms. The summed E-state index contributed by atoms with van der Waals surface area (Å²) in [6.07, 6.45) is 0.0843. The summed E-state index contributed by atoms with van der Waals surface area (Å²) < 4.78 is 5.60. The molecule has 0 aromatic carbocycles. The highest BCUT2D eigenvalue weighted by Gasteiger charge is 2.41. The Balaban J connectivity index is 2.59. The zero-order valence-electron chi connectivity index (χ0n) is 9.86. The number of carbonyl (C=O) groups excluding carboxylic acids is 1. The van der Waals surface area contributed by atoms with E-state index in [2.05, 4.69) is 5.32 Å². The molecule has 4 heteroatoms. The molecule has 0 bridgehead atoms. The van der Waals surface area contributed by atoms with Gasteiger partial charge in [0, 0.05) is 6.04 Å². The van der Waals surface area contributed by atoms with E-state index in [1.54, 1.807) is 6.92 Å². The van der Waals surface area contributed by atoms with Crippen LogP contribution in [0.25, 0.3) is 0 Å². The summed E-state index contributed by atoms with van der Waals surface area (Å²) in [5.41, 5.74) is 0. The van der Waals surface area contributed by atoms with Gasteiger partial charge in [0.1, 0.15) is 0 Å². The summed E-state index contributed by atoms with van der Waals surface area (Å²) in [7, 11) is 0. The van der Waals surface area contributed by atoms with Crippen molar-refractivity contribution in [3.63, 3.8) is 0 Å². The van der Waals surface area contributed by atoms with Gasteiger partial charge >= 0.3 is 0 Å². The molecule has 0 aromatic heterocycles. The van der Waals surface area contributed by atoms with Crippen LogP contribution in [0, 0.1) is 11.8 Å². The van der Waals surface area contributed by atoms with Crippen molar-refractivity contribution in [1.29, 1.82) is 0 Å². The van der Waals surface area contributed by atoms with E-state index < -0.39 is 0 Å². The molecule has 1 aliphatic heterocycles. The van der Waals surface area contributed by atoms with Crippen LogP contribution < -0.4 is 5.32 Å². The highest BCUT2D eigenvalue weighted by molar-refractivity contribution is 5.80. The minimum absolute atomic E-state index is 0.0131. The van der Waals surface area contributed by atoms with E-state index >= 15 is 0 Å². The summed E-state index contributed by atoms with van der Waals surface area (Å²) in [6, 6.07) is -0.187. The van der Waals surface area contributed by atoms with E-state index in [4.69, 9.17) is 9.84 Å². The topological polar surface area (TPSA) is 58.6 Å². The Kier molecular flexibility index (Phi) is 4.11. The van der Waals surface area contributed by atoms with Crippen LogP contribution in [0.1, 0.15) is 27.7 Å². The van der Waals surface area contributed by atoms with Crippen molar-refractivity contribution >= 4 is 5.91 Å². The fraction of sp³-hybridized carbons (Fsp3) is 0.909. The molecule has 1 rings (SSSR count). The quantitative estimate of drug-likeness (QED) is 0.722. The van der Waals surface area contributed by atoms with Gasteiger partial charge in [-0.2, -0.15) is 0 Å². The Morgan fingerprint density at radius 1 is 1.40 bits per heavy atom. The van der Waals surface area contributed by atoms with Crippen LogP contribution >= 0.6 is 0 Å². The molecule has 1 heterocycles. The number of carbonyl (C=O) groups is 1. The molecule has 0 radical (unpaired) electrons. The van der Waals surface area contributed by atoms with Gasteiger partial charge in [0.25, 0.3) is 0 Å². The number of hydrogen-bond acceptors (Lipinski definition) is 3. The van der Waals surface area contributed by atoms with Crippen LogP contribution in [-0.4, -0.2) is 35.9 Å². The maximum atomic E-state index is 11.9. The third kappa shape index (κ3) is 2.69. The Bertz CT molecular complexity index is 232. The lowest BCUT2D eigenvalue weighted by atomic mass is 9.88. The van der Waals surface area contributed by atoms with Crippen molar-refractivity contribution in [1.82, 2.24) is 5.32 Å². The first kappa shape index (κ1) is 12.5. The van der Waals surface area contributed by atoms with Crippen LogP contribution in [0.3, 0.4) is 0 Å². The monoisotopic (exact) mass is 215 g/mol. The Labute approximate surface area is 91.0 Å². The van der Waals surface area contributed by atoms with Gasteiger partial charge in [-0.25, -0.2) is 0 Å². The standard InChI is InChI=1S/C11H21NO3/c1-6(5-13)12-11(14)10-7(2)8(3)15-9(10)4/h6-10,13H,5H2,1-4H3,(H,12,14)/t6-,7?,8?,9?,10?/m1/s1. The number of amides is 1. The Morgan fingerprint density at radius 2 is 2.00 bits per heavy atom. The fourth-order valence-corrected chi connectivity index (χ4v) is 2.10. The van der Waals surface area contributed by atoms with Crippen molar-refractivity contribution in [2.75, 3.05) is 6.61 Å². The molecule has 1 saturated heterocycles. The summed E-state index contributed by atoms with van der Waals surface area (Å²) in [6.45, 7) is 7.70. The van der Waals surface area contributed by atoms with Crippen molar-refractivity contribution in [2.45, 2.75) is 45.9 Å². The van der Waals surface area contributed by atoms with Gasteiger partial charge in [-0.3, -0.25) is 4.79 Å². The normalized spacial score (nSPS) is 37.7. The lowest BCUT2D eigenvalue weighted by Gasteiger charge is -2.20. The molecule has 1 amide bonds. The minimum atomic E-state index is -0.187. The largest absolute Gasteiger partial charge is 0.394 e. The molecule has 5 atom stereocenters. The third-order valence-electron chi connectivity index (χ3n) is 3.21. The van der Waals surface area contributed by atoms with E-state index in [1.807, 2.05) is 20.8 Å². The van der Waals surface area contributed by atoms with Crippen molar-refractivity contribution in [3.05, 3.63) is 0 Å². The molecule has 88 valence electrons. The van der Waals surface area contributed by atoms with Crippen molar-refractivity contribution in [3.8, 4) is 0 Å². The predicted octanol–water partition coefficient (Wildman–Crippen LogP) is 0.543. The number of nitrogens with one attached hydrogen (secondary N) is 1. The van der Waals surface area contributed by atoms with E-state index in [0.717, 1.165) is 0 Å². The third-order valence-corrected chi connectivity index (χ3v) is 3.21. The van der Waals surface area contributed by atoms with Gasteiger partial charge < -0.3 is 15.2 Å². The Hall–Kier alpha value is -0.610. The zero-order chi connectivity index (χ0) is 11.6. The van der Waals surface area contributed by atoms with Crippen LogP contribution in [0.5, 0.6) is 0 Å². The number of hydrogen-bond donors (Lipinski definition) is 2. The molecule has 4 nitrogen and oxygen atoms in total. The Morgan fingerprint density at radius 3 is 2.40 bits per heavy atom. The number of ether oxygens (including phenoxy) is 1. The molecule has 4 unspecified atom stereocenters. The molecule has 0 aromatic rings. The van der Waals surface area contributed by atoms with Gasteiger partial charge in [0.15, 0.2) is 0 Å². The average molecular weight is 215 g/mol. The second-order valence-corrected chi connectivity index (χ2v) is 4.52. The van der Waals surface area contributed by atoms with Gasteiger partial charge in [0.2, 0.25) is 5.91 Å². The van der Waals surface area contributed by atoms with E-state index in [9.17, 15) is 4.79 Å². The van der Waals surface area contributed by atoms with Crippen LogP contribution in [-0.2, 0) is 9.53 Å². The molecule has 0 aliphatic carbocycles. The molecular weight excluding hydrogens is 194 g/mol. The van der Waals surface area contributed by atoms with Crippen molar-refractivity contribution < 1.29 is 14.6 Å². The fourth-order valence-electron chi connectivity index (χ4n) is 2.10. The highest BCUT2D eigenvalue weighted by Crippen LogP contribution is 2.32. The lowest BCUT2D eigenvalue weighted by Crippen LogP contribution is -2.43. The minimum Gasteiger partial charge on any atom is -0.394 e. The van der Waals surface area contributed by atoms with Gasteiger partial charge in [0.05, 0.1) is 24.7 Å². The average Bonchev–Trinajstić information content (AvgIpc) is 2.41. The summed E-state index contributed by atoms with van der Waals surface area (Å²) in [5.74, 6) is 0.112. The summed E-state index contributed by atoms with van der Waals surface area (Å²) in [5, 5.41) is 11.6. The first-order valence-electron chi connectivity index (χ1n) is 5.54. The molecule has 1 aliphatic rings. The predicted molar refractivity (Wildman–Crippen MR) is 57.4 cm³/mol. The first-order valence-corrected chi connectivity index (χ1v) is 5.54. The van der Waals surface area contributed by atoms with E-state index in [1.165, 1.54) is 0 Å². The molecule has 15 heavy (non-hydrogen) atoms. The highest BCUT2D eigenvalue weighted by atomic mass is 16.5. The van der Waals surface area contributed by atoms with E-state index in [-0.39, 0.29) is 42.6 Å². The second kappa shape index (κ2) is 4.94. The van der Waals surface area contributed by atoms with Gasteiger partial charge in [-0.15, -0.1) is 0 Å².